The van der Waals surface area contributed by atoms with Crippen LogP contribution in [0.1, 0.15) is 35.6 Å². The van der Waals surface area contributed by atoms with Gasteiger partial charge in [0.15, 0.2) is 11.5 Å². The summed E-state index contributed by atoms with van der Waals surface area (Å²) in [5, 5.41) is 0.701. The molecule has 0 saturated carbocycles. The largest absolute Gasteiger partial charge is 0.493 e. The van der Waals surface area contributed by atoms with Gasteiger partial charge >= 0.3 is 0 Å². The number of nitrogens with zero attached hydrogens (tertiary/aromatic N) is 1. The highest BCUT2D eigenvalue weighted by Gasteiger charge is 2.36. The number of halogens is 1. The molecule has 6 nitrogen and oxygen atoms in total. The Balaban J connectivity index is 1.26. The van der Waals surface area contributed by atoms with E-state index in [4.69, 9.17) is 9.47 Å². The second-order valence-corrected chi connectivity index (χ2v) is 10.6. The lowest BCUT2D eigenvalue weighted by atomic mass is 9.92. The average molecular weight is 485 g/mol. The molecule has 1 atom stereocenters. The second kappa shape index (κ2) is 9.17. The highest BCUT2D eigenvalue weighted by Crippen LogP contribution is 2.48. The van der Waals surface area contributed by atoms with Crippen LogP contribution in [0.3, 0.4) is 0 Å². The van der Waals surface area contributed by atoms with E-state index in [1.807, 2.05) is 0 Å². The molecular formula is C26H29FN2O4S. The summed E-state index contributed by atoms with van der Waals surface area (Å²) in [6.45, 7) is 2.05. The van der Waals surface area contributed by atoms with Crippen LogP contribution < -0.4 is 14.2 Å². The topological polar surface area (TPSA) is 67.9 Å². The van der Waals surface area contributed by atoms with E-state index in [0.717, 1.165) is 43.9 Å². The summed E-state index contributed by atoms with van der Waals surface area (Å²) in [6.07, 6.45) is 3.60. The molecule has 1 aliphatic carbocycles. The van der Waals surface area contributed by atoms with E-state index in [0.29, 0.717) is 29.8 Å². The predicted molar refractivity (Wildman–Crippen MR) is 130 cm³/mol. The molecule has 34 heavy (non-hydrogen) atoms. The van der Waals surface area contributed by atoms with E-state index >= 15 is 0 Å². The zero-order valence-electron chi connectivity index (χ0n) is 19.4. The monoisotopic (exact) mass is 484 g/mol. The van der Waals surface area contributed by atoms with Gasteiger partial charge in [-0.1, -0.05) is 24.3 Å². The van der Waals surface area contributed by atoms with Gasteiger partial charge in [0.1, 0.15) is 5.82 Å². The van der Waals surface area contributed by atoms with Gasteiger partial charge in [0.25, 0.3) is 0 Å². The molecule has 0 aromatic heterocycles. The Morgan fingerprint density at radius 3 is 2.65 bits per heavy atom. The van der Waals surface area contributed by atoms with Crippen molar-refractivity contribution in [3.8, 4) is 11.5 Å². The highest BCUT2D eigenvalue weighted by molar-refractivity contribution is 7.89. The van der Waals surface area contributed by atoms with Crippen molar-refractivity contribution in [2.45, 2.75) is 36.6 Å². The maximum absolute atomic E-state index is 14.1. The lowest BCUT2D eigenvalue weighted by Gasteiger charge is -2.35. The van der Waals surface area contributed by atoms with Crippen molar-refractivity contribution in [3.63, 3.8) is 0 Å². The normalized spacial score (nSPS) is 17.7. The number of ether oxygens (including phenoxy) is 2. The maximum atomic E-state index is 14.1. The summed E-state index contributed by atoms with van der Waals surface area (Å²) in [4.78, 5) is 2.56. The molecule has 2 aliphatic rings. The van der Waals surface area contributed by atoms with Crippen LogP contribution in [0.15, 0.2) is 47.4 Å². The number of sulfonamides is 1. The quantitative estimate of drug-likeness (QED) is 0.485. The molecule has 3 aromatic carbocycles. The molecule has 3 aromatic rings. The minimum atomic E-state index is -3.75. The van der Waals surface area contributed by atoms with Crippen molar-refractivity contribution in [1.29, 1.82) is 0 Å². The number of hydrogen-bond donors (Lipinski definition) is 1. The zero-order chi connectivity index (χ0) is 23.9. The van der Waals surface area contributed by atoms with Crippen molar-refractivity contribution < 1.29 is 22.3 Å². The van der Waals surface area contributed by atoms with E-state index in [1.165, 1.54) is 28.8 Å². The van der Waals surface area contributed by atoms with Crippen LogP contribution in [0.2, 0.25) is 0 Å². The zero-order valence-corrected chi connectivity index (χ0v) is 20.3. The van der Waals surface area contributed by atoms with Crippen LogP contribution in [-0.2, 0) is 22.9 Å². The molecule has 180 valence electrons. The first-order valence-corrected chi connectivity index (χ1v) is 13.1. The van der Waals surface area contributed by atoms with Gasteiger partial charge in [-0.3, -0.25) is 4.90 Å². The molecular weight excluding hydrogens is 455 g/mol. The van der Waals surface area contributed by atoms with Crippen LogP contribution in [0, 0.1) is 5.82 Å². The van der Waals surface area contributed by atoms with Gasteiger partial charge in [0.2, 0.25) is 10.0 Å². The maximum Gasteiger partial charge on any atom is 0.241 e. The van der Waals surface area contributed by atoms with Crippen molar-refractivity contribution in [2.75, 3.05) is 33.9 Å². The van der Waals surface area contributed by atoms with Crippen molar-refractivity contribution >= 4 is 20.8 Å². The fourth-order valence-electron chi connectivity index (χ4n) is 5.53. The molecule has 0 saturated heterocycles. The number of benzene rings is 3. The second-order valence-electron chi connectivity index (χ2n) is 8.85. The summed E-state index contributed by atoms with van der Waals surface area (Å²) in [6, 6.07) is 11.6. The minimum absolute atomic E-state index is 0.109. The molecule has 0 spiro atoms. The van der Waals surface area contributed by atoms with E-state index in [1.54, 1.807) is 38.5 Å². The lowest BCUT2D eigenvalue weighted by Crippen LogP contribution is -2.36. The van der Waals surface area contributed by atoms with E-state index in [-0.39, 0.29) is 4.90 Å². The Bertz CT molecular complexity index is 1340. The Kier molecular flexibility index (Phi) is 6.22. The predicted octanol–water partition coefficient (Wildman–Crippen LogP) is 4.21. The number of methoxy groups -OCH3 is 2. The third-order valence-corrected chi connectivity index (χ3v) is 8.56. The average Bonchev–Trinajstić information content (AvgIpc) is 3.29. The van der Waals surface area contributed by atoms with Crippen molar-refractivity contribution in [1.82, 2.24) is 9.62 Å². The van der Waals surface area contributed by atoms with Crippen LogP contribution in [0.25, 0.3) is 10.8 Å². The third kappa shape index (κ3) is 3.93. The molecule has 1 N–H and O–H groups in total. The summed E-state index contributed by atoms with van der Waals surface area (Å²) < 4.78 is 53.9. The summed E-state index contributed by atoms with van der Waals surface area (Å²) >= 11 is 0. The summed E-state index contributed by atoms with van der Waals surface area (Å²) in [7, 11) is -0.386. The number of hydrogen-bond acceptors (Lipinski definition) is 5. The molecule has 1 unspecified atom stereocenters. The minimum Gasteiger partial charge on any atom is -0.493 e. The van der Waals surface area contributed by atoms with Crippen LogP contribution in [-0.4, -0.2) is 47.2 Å². The fraction of sp³-hybridized carbons (Fsp3) is 0.385. The molecule has 5 rings (SSSR count). The van der Waals surface area contributed by atoms with Gasteiger partial charge in [-0.15, -0.1) is 0 Å². The van der Waals surface area contributed by atoms with Gasteiger partial charge in [-0.05, 0) is 55.0 Å². The van der Waals surface area contributed by atoms with Crippen molar-refractivity contribution in [3.05, 3.63) is 65.0 Å². The Labute approximate surface area is 199 Å². The molecule has 0 bridgehead atoms. The molecule has 1 aliphatic heterocycles. The number of fused-ring (bicyclic) bond motifs is 1. The molecule has 0 amide bonds. The van der Waals surface area contributed by atoms with Crippen LogP contribution in [0.5, 0.6) is 11.5 Å². The molecule has 1 heterocycles. The summed E-state index contributed by atoms with van der Waals surface area (Å²) in [5.74, 6) is 1.21. The van der Waals surface area contributed by atoms with Gasteiger partial charge < -0.3 is 9.47 Å². The number of nitrogens with one attached hydrogen (secondary N) is 1. The van der Waals surface area contributed by atoms with E-state index in [2.05, 4.69) is 15.7 Å². The lowest BCUT2D eigenvalue weighted by molar-refractivity contribution is 0.184. The first kappa shape index (κ1) is 23.1. The van der Waals surface area contributed by atoms with Crippen LogP contribution in [0.4, 0.5) is 4.39 Å². The molecule has 0 fully saturated rings. The Morgan fingerprint density at radius 1 is 1.09 bits per heavy atom. The van der Waals surface area contributed by atoms with Gasteiger partial charge in [0, 0.05) is 42.0 Å². The van der Waals surface area contributed by atoms with E-state index in [9.17, 15) is 12.8 Å². The third-order valence-electron chi connectivity index (χ3n) is 7.04. The van der Waals surface area contributed by atoms with Crippen molar-refractivity contribution in [2.24, 2.45) is 0 Å². The first-order valence-electron chi connectivity index (χ1n) is 11.6. The smallest absolute Gasteiger partial charge is 0.241 e. The Hall–Kier alpha value is -2.68. The standard InChI is InChI=1S/C26H29FN2O4S/c1-32-23-16-17-12-15-29(22-10-8-20(25(17)22)26(23)33-2)14-5-13-28-34(30,31)24-11-9-21(27)18-6-3-4-7-19(18)24/h3-4,6-7,9,11,16,22,28H,5,8,10,12-15H2,1-2H3. The first-order chi connectivity index (χ1) is 16.4. The van der Waals surface area contributed by atoms with Gasteiger partial charge in [-0.2, -0.15) is 0 Å². The van der Waals surface area contributed by atoms with Gasteiger partial charge in [0.05, 0.1) is 19.1 Å². The Morgan fingerprint density at radius 2 is 1.88 bits per heavy atom. The van der Waals surface area contributed by atoms with Gasteiger partial charge in [-0.25, -0.2) is 17.5 Å². The number of rotatable bonds is 8. The highest BCUT2D eigenvalue weighted by atomic mass is 32.2. The van der Waals surface area contributed by atoms with Crippen LogP contribution >= 0.6 is 0 Å². The fourth-order valence-corrected chi connectivity index (χ4v) is 6.81. The molecule has 0 radical (unpaired) electrons. The van der Waals surface area contributed by atoms with E-state index < -0.39 is 15.8 Å². The SMILES string of the molecule is COc1cc2c3c(c1OC)CCC3N(CCCNS(=O)(=O)c1ccc(F)c3ccccc13)CC2. The summed E-state index contributed by atoms with van der Waals surface area (Å²) in [5.41, 5.74) is 3.94. The molecule has 8 heteroatoms.